The summed E-state index contributed by atoms with van der Waals surface area (Å²) in [5, 5.41) is 0. The molecule has 12 heavy (non-hydrogen) atoms. The Morgan fingerprint density at radius 2 is 2.17 bits per heavy atom. The average Bonchev–Trinajstić information content (AvgIpc) is 2.41. The first kappa shape index (κ1) is 8.62. The van der Waals surface area contributed by atoms with Gasteiger partial charge in [-0.2, -0.15) is 0 Å². The van der Waals surface area contributed by atoms with E-state index in [-0.39, 0.29) is 5.82 Å². The molecule has 1 unspecified atom stereocenters. The normalized spacial score (nSPS) is 57.9. The molecule has 1 aliphatic heterocycles. The molecule has 1 heterocycles. The SMILES string of the molecule is [B][C@@H]1C[C@]2(CC)C(C)[C@@H]1O[C@H]2C. The van der Waals surface area contributed by atoms with Crippen molar-refractivity contribution in [2.45, 2.75) is 51.6 Å². The maximum absolute atomic E-state index is 6.01. The Labute approximate surface area is 76.3 Å². The van der Waals surface area contributed by atoms with E-state index in [4.69, 9.17) is 12.6 Å². The first-order chi connectivity index (χ1) is 5.62. The van der Waals surface area contributed by atoms with Gasteiger partial charge in [-0.3, -0.25) is 0 Å². The van der Waals surface area contributed by atoms with Gasteiger partial charge >= 0.3 is 0 Å². The van der Waals surface area contributed by atoms with Gasteiger partial charge in [0, 0.05) is 5.41 Å². The first-order valence-corrected chi connectivity index (χ1v) is 5.03. The van der Waals surface area contributed by atoms with Crippen molar-refractivity contribution < 1.29 is 4.74 Å². The molecule has 0 aromatic carbocycles. The summed E-state index contributed by atoms with van der Waals surface area (Å²) in [6, 6.07) is 0. The summed E-state index contributed by atoms with van der Waals surface area (Å²) in [5.41, 5.74) is 0.393. The molecule has 2 fully saturated rings. The fraction of sp³-hybridized carbons (Fsp3) is 1.00. The van der Waals surface area contributed by atoms with Gasteiger partial charge in [0.2, 0.25) is 0 Å². The Balaban J connectivity index is 2.30. The Kier molecular flexibility index (Phi) is 1.80. The van der Waals surface area contributed by atoms with Crippen LogP contribution in [0.3, 0.4) is 0 Å². The highest BCUT2D eigenvalue weighted by Gasteiger charge is 2.58. The molecule has 2 aliphatic rings. The monoisotopic (exact) mass is 164 g/mol. The van der Waals surface area contributed by atoms with Crippen molar-refractivity contribution in [2.75, 3.05) is 0 Å². The molecule has 66 valence electrons. The fourth-order valence-electron chi connectivity index (χ4n) is 3.32. The summed E-state index contributed by atoms with van der Waals surface area (Å²) in [6.07, 6.45) is 3.12. The van der Waals surface area contributed by atoms with Crippen LogP contribution in [0.25, 0.3) is 0 Å². The van der Waals surface area contributed by atoms with Crippen LogP contribution in [0.4, 0.5) is 0 Å². The lowest BCUT2D eigenvalue weighted by Gasteiger charge is -2.34. The van der Waals surface area contributed by atoms with E-state index in [1.165, 1.54) is 6.42 Å². The lowest BCUT2D eigenvalue weighted by molar-refractivity contribution is -0.0169. The zero-order chi connectivity index (χ0) is 8.93. The first-order valence-electron chi connectivity index (χ1n) is 5.03. The molecule has 1 nitrogen and oxygen atoms in total. The van der Waals surface area contributed by atoms with Gasteiger partial charge in [-0.05, 0) is 25.7 Å². The molecule has 0 N–H and O–H groups in total. The van der Waals surface area contributed by atoms with Crippen molar-refractivity contribution in [3.05, 3.63) is 0 Å². The van der Waals surface area contributed by atoms with Gasteiger partial charge < -0.3 is 4.74 Å². The summed E-state index contributed by atoms with van der Waals surface area (Å²) in [7, 11) is 6.01. The smallest absolute Gasteiger partial charge is 0.0735 e. The highest BCUT2D eigenvalue weighted by molar-refractivity contribution is 6.12. The average molecular weight is 164 g/mol. The topological polar surface area (TPSA) is 9.23 Å². The van der Waals surface area contributed by atoms with Crippen LogP contribution in [0.1, 0.15) is 33.6 Å². The van der Waals surface area contributed by atoms with Crippen molar-refractivity contribution in [3.8, 4) is 0 Å². The molecule has 1 saturated heterocycles. The lowest BCUT2D eigenvalue weighted by atomic mass is 9.72. The van der Waals surface area contributed by atoms with E-state index in [0.29, 0.717) is 23.5 Å². The lowest BCUT2D eigenvalue weighted by Crippen LogP contribution is -2.32. The molecule has 2 radical (unpaired) electrons. The third-order valence-corrected chi connectivity index (χ3v) is 4.27. The molecule has 0 amide bonds. The predicted octanol–water partition coefficient (Wildman–Crippen LogP) is 2.17. The Morgan fingerprint density at radius 1 is 1.50 bits per heavy atom. The standard InChI is InChI=1S/C10H17BO/c1-4-10-5-8(11)9(6(10)2)12-7(10)3/h6-9H,4-5H2,1-3H3/t6?,7-,8+,9-,10+/m0/s1. The molecule has 1 saturated carbocycles. The van der Waals surface area contributed by atoms with Crippen molar-refractivity contribution in [3.63, 3.8) is 0 Å². The molecular weight excluding hydrogens is 147 g/mol. The van der Waals surface area contributed by atoms with Crippen LogP contribution in [0.15, 0.2) is 0 Å². The van der Waals surface area contributed by atoms with E-state index >= 15 is 0 Å². The second-order valence-corrected chi connectivity index (χ2v) is 4.49. The van der Waals surface area contributed by atoms with Crippen LogP contribution in [-0.2, 0) is 4.74 Å². The zero-order valence-electron chi connectivity index (χ0n) is 8.21. The molecule has 1 aliphatic carbocycles. The molecule has 2 heteroatoms. The number of ether oxygens (including phenoxy) is 1. The second kappa shape index (κ2) is 2.51. The van der Waals surface area contributed by atoms with Gasteiger partial charge in [0.15, 0.2) is 0 Å². The second-order valence-electron chi connectivity index (χ2n) is 4.49. The largest absolute Gasteiger partial charge is 0.375 e. The van der Waals surface area contributed by atoms with Gasteiger partial charge in [0.25, 0.3) is 0 Å². The van der Waals surface area contributed by atoms with Crippen LogP contribution < -0.4 is 0 Å². The van der Waals surface area contributed by atoms with E-state index in [9.17, 15) is 0 Å². The van der Waals surface area contributed by atoms with Crippen LogP contribution >= 0.6 is 0 Å². The maximum atomic E-state index is 6.01. The minimum Gasteiger partial charge on any atom is -0.375 e. The Morgan fingerprint density at radius 3 is 2.50 bits per heavy atom. The fourth-order valence-corrected chi connectivity index (χ4v) is 3.32. The number of hydrogen-bond acceptors (Lipinski definition) is 1. The predicted molar refractivity (Wildman–Crippen MR) is 50.3 cm³/mol. The van der Waals surface area contributed by atoms with E-state index < -0.39 is 0 Å². The van der Waals surface area contributed by atoms with Crippen LogP contribution in [0.5, 0.6) is 0 Å². The van der Waals surface area contributed by atoms with Crippen LogP contribution in [0, 0.1) is 11.3 Å². The Bertz CT molecular complexity index is 194. The van der Waals surface area contributed by atoms with Crippen molar-refractivity contribution in [2.24, 2.45) is 11.3 Å². The molecule has 2 bridgehead atoms. The number of rotatable bonds is 1. The van der Waals surface area contributed by atoms with Crippen molar-refractivity contribution >= 4 is 7.85 Å². The molecule has 0 aromatic rings. The van der Waals surface area contributed by atoms with Gasteiger partial charge in [0.05, 0.1) is 20.1 Å². The van der Waals surface area contributed by atoms with E-state index in [1.54, 1.807) is 0 Å². The van der Waals surface area contributed by atoms with Gasteiger partial charge in [0.1, 0.15) is 0 Å². The third-order valence-electron chi connectivity index (χ3n) is 4.27. The molecule has 0 aromatic heterocycles. The quantitative estimate of drug-likeness (QED) is 0.539. The summed E-state index contributed by atoms with van der Waals surface area (Å²) >= 11 is 0. The minimum atomic E-state index is 0.288. The highest BCUT2D eigenvalue weighted by Crippen LogP contribution is 2.60. The minimum absolute atomic E-state index is 0.288. The van der Waals surface area contributed by atoms with E-state index in [2.05, 4.69) is 20.8 Å². The molecule has 2 rings (SSSR count). The van der Waals surface area contributed by atoms with E-state index in [0.717, 1.165) is 6.42 Å². The summed E-state index contributed by atoms with van der Waals surface area (Å²) in [5.74, 6) is 0.948. The highest BCUT2D eigenvalue weighted by atomic mass is 16.5. The van der Waals surface area contributed by atoms with E-state index in [1.807, 2.05) is 0 Å². The zero-order valence-corrected chi connectivity index (χ0v) is 8.21. The van der Waals surface area contributed by atoms with Gasteiger partial charge in [-0.15, -0.1) is 0 Å². The van der Waals surface area contributed by atoms with Crippen LogP contribution in [-0.4, -0.2) is 20.1 Å². The van der Waals surface area contributed by atoms with Gasteiger partial charge in [-0.1, -0.05) is 19.7 Å². The maximum Gasteiger partial charge on any atom is 0.0735 e. The molecular formula is C10H17BO. The number of fused-ring (bicyclic) bond motifs is 2. The summed E-state index contributed by atoms with van der Waals surface area (Å²) < 4.78 is 5.85. The van der Waals surface area contributed by atoms with Crippen molar-refractivity contribution in [1.29, 1.82) is 0 Å². The third kappa shape index (κ3) is 0.796. The van der Waals surface area contributed by atoms with Crippen molar-refractivity contribution in [1.82, 2.24) is 0 Å². The van der Waals surface area contributed by atoms with Crippen LogP contribution in [0.2, 0.25) is 5.82 Å². The molecule has 0 spiro atoms. The summed E-state index contributed by atoms with van der Waals surface area (Å²) in [6.45, 7) is 6.76. The summed E-state index contributed by atoms with van der Waals surface area (Å²) in [4.78, 5) is 0. The number of hydrogen-bond donors (Lipinski definition) is 0. The van der Waals surface area contributed by atoms with Gasteiger partial charge in [-0.25, -0.2) is 0 Å². The molecule has 5 atom stereocenters. The Hall–Kier alpha value is 0.0249.